The predicted molar refractivity (Wildman–Crippen MR) is 89.9 cm³/mol. The van der Waals surface area contributed by atoms with Gasteiger partial charge in [0.25, 0.3) is 0 Å². The highest BCUT2D eigenvalue weighted by molar-refractivity contribution is 6.30. The average Bonchev–Trinajstić information content (AvgIpc) is 3.05. The monoisotopic (exact) mass is 404 g/mol. The smallest absolute Gasteiger partial charge is 0.403 e. The fourth-order valence-electron chi connectivity index (χ4n) is 2.66. The number of carbonyl (C=O) groups excluding carboxylic acids is 1. The number of ether oxygens (including phenoxy) is 1. The number of benzene rings is 1. The first kappa shape index (κ1) is 19.4. The molecule has 0 bridgehead atoms. The Morgan fingerprint density at radius 2 is 2.04 bits per heavy atom. The quantitative estimate of drug-likeness (QED) is 0.823. The van der Waals surface area contributed by atoms with Crippen molar-refractivity contribution in [3.05, 3.63) is 29.3 Å². The molecule has 1 fully saturated rings. The van der Waals surface area contributed by atoms with Gasteiger partial charge < -0.3 is 14.6 Å². The highest BCUT2D eigenvalue weighted by Crippen LogP contribution is 2.29. The van der Waals surface area contributed by atoms with E-state index in [0.717, 1.165) is 0 Å². The van der Waals surface area contributed by atoms with Gasteiger partial charge in [-0.1, -0.05) is 16.7 Å². The van der Waals surface area contributed by atoms with Gasteiger partial charge in [0.05, 0.1) is 6.04 Å². The van der Waals surface area contributed by atoms with Crippen LogP contribution in [0.1, 0.15) is 13.8 Å². The number of nitrogens with one attached hydrogen (secondary N) is 1. The largest absolute Gasteiger partial charge is 0.522 e. The van der Waals surface area contributed by atoms with Crippen LogP contribution in [0.15, 0.2) is 28.7 Å². The molecule has 0 aliphatic carbocycles. The lowest BCUT2D eigenvalue weighted by Gasteiger charge is -2.46. The van der Waals surface area contributed by atoms with E-state index in [4.69, 9.17) is 16.0 Å². The van der Waals surface area contributed by atoms with E-state index in [-0.39, 0.29) is 18.5 Å². The molecule has 1 amide bonds. The van der Waals surface area contributed by atoms with Gasteiger partial charge in [-0.25, -0.2) is 0 Å². The molecule has 7 nitrogen and oxygen atoms in total. The lowest BCUT2D eigenvalue weighted by Crippen LogP contribution is -2.64. The standard InChI is InChI=1S/C16H16ClF3N4O3/c1-8(14(25)24-7-12(9(24)2)27-16(18,19)20)21-15-23-22-13(26-15)10-3-5-11(17)6-4-10/h3-6,8-9,12H,7H2,1-2H3,(H,21,23)/t8-,9-,12+/m1/s1. The molecule has 146 valence electrons. The van der Waals surface area contributed by atoms with Gasteiger partial charge in [0, 0.05) is 17.1 Å². The zero-order valence-electron chi connectivity index (χ0n) is 14.3. The lowest BCUT2D eigenvalue weighted by atomic mass is 10.00. The van der Waals surface area contributed by atoms with Gasteiger partial charge >= 0.3 is 12.4 Å². The van der Waals surface area contributed by atoms with Gasteiger partial charge in [-0.2, -0.15) is 0 Å². The maximum absolute atomic E-state index is 12.4. The van der Waals surface area contributed by atoms with Crippen LogP contribution in [0.2, 0.25) is 5.02 Å². The fourth-order valence-corrected chi connectivity index (χ4v) is 2.79. The molecule has 0 unspecified atom stereocenters. The molecule has 1 aliphatic rings. The number of rotatable bonds is 5. The number of amides is 1. The Bertz CT molecular complexity index is 812. The number of anilines is 1. The zero-order valence-corrected chi connectivity index (χ0v) is 15.1. The van der Waals surface area contributed by atoms with E-state index in [1.165, 1.54) is 11.8 Å². The molecule has 0 spiro atoms. The second kappa shape index (κ2) is 7.35. The number of halogens is 4. The van der Waals surface area contributed by atoms with Gasteiger partial charge in [0.2, 0.25) is 11.8 Å². The molecule has 0 saturated carbocycles. The Morgan fingerprint density at radius 3 is 2.63 bits per heavy atom. The minimum Gasteiger partial charge on any atom is -0.403 e. The molecule has 1 aliphatic heterocycles. The van der Waals surface area contributed by atoms with Crippen LogP contribution < -0.4 is 5.32 Å². The summed E-state index contributed by atoms with van der Waals surface area (Å²) in [6.07, 6.45) is -5.79. The summed E-state index contributed by atoms with van der Waals surface area (Å²) in [7, 11) is 0. The Labute approximate surface area is 157 Å². The molecule has 1 aromatic carbocycles. The highest BCUT2D eigenvalue weighted by Gasteiger charge is 2.46. The molecule has 0 radical (unpaired) electrons. The van der Waals surface area contributed by atoms with E-state index in [1.807, 2.05) is 0 Å². The van der Waals surface area contributed by atoms with E-state index in [1.54, 1.807) is 31.2 Å². The first-order valence-corrected chi connectivity index (χ1v) is 8.43. The highest BCUT2D eigenvalue weighted by atomic mass is 35.5. The normalized spacial score (nSPS) is 20.9. The first-order chi connectivity index (χ1) is 12.6. The van der Waals surface area contributed by atoms with Crippen LogP contribution in [0.4, 0.5) is 19.2 Å². The number of carbonyl (C=O) groups is 1. The molecule has 1 aromatic heterocycles. The van der Waals surface area contributed by atoms with Crippen molar-refractivity contribution in [3.8, 4) is 11.5 Å². The van der Waals surface area contributed by atoms with Crippen LogP contribution in [0.5, 0.6) is 0 Å². The molecular formula is C16H16ClF3N4O3. The molecule has 2 heterocycles. The van der Waals surface area contributed by atoms with E-state index in [9.17, 15) is 18.0 Å². The summed E-state index contributed by atoms with van der Waals surface area (Å²) in [6, 6.07) is 5.33. The summed E-state index contributed by atoms with van der Waals surface area (Å²) in [5.41, 5.74) is 0.655. The maximum atomic E-state index is 12.4. The third-order valence-electron chi connectivity index (χ3n) is 4.20. The fraction of sp³-hybridized carbons (Fsp3) is 0.438. The second-order valence-corrected chi connectivity index (χ2v) is 6.55. The first-order valence-electron chi connectivity index (χ1n) is 8.05. The van der Waals surface area contributed by atoms with Gasteiger partial charge in [-0.15, -0.1) is 18.3 Å². The number of alkyl halides is 3. The number of aromatic nitrogens is 2. The number of likely N-dealkylation sites (tertiary alicyclic amines) is 1. The third kappa shape index (κ3) is 4.51. The van der Waals surface area contributed by atoms with Crippen LogP contribution in [0.25, 0.3) is 11.5 Å². The lowest BCUT2D eigenvalue weighted by molar-refractivity contribution is -0.359. The SMILES string of the molecule is C[C@@H]1[C@@H](OC(F)(F)F)CN1C(=O)[C@@H](C)Nc1nnc(-c2ccc(Cl)cc2)o1. The maximum Gasteiger partial charge on any atom is 0.522 e. The molecule has 1 saturated heterocycles. The van der Waals surface area contributed by atoms with Gasteiger partial charge in [0.15, 0.2) is 0 Å². The van der Waals surface area contributed by atoms with Gasteiger partial charge in [-0.05, 0) is 38.1 Å². The van der Waals surface area contributed by atoms with Crippen molar-refractivity contribution < 1.29 is 27.1 Å². The number of nitrogens with zero attached hydrogens (tertiary/aromatic N) is 3. The second-order valence-electron chi connectivity index (χ2n) is 6.12. The Kier molecular flexibility index (Phi) is 5.29. The molecule has 1 N–H and O–H groups in total. The van der Waals surface area contributed by atoms with Crippen molar-refractivity contribution >= 4 is 23.5 Å². The summed E-state index contributed by atoms with van der Waals surface area (Å²) >= 11 is 5.82. The predicted octanol–water partition coefficient (Wildman–Crippen LogP) is 3.33. The topological polar surface area (TPSA) is 80.5 Å². The van der Waals surface area contributed by atoms with Crippen LogP contribution in [0.3, 0.4) is 0 Å². The summed E-state index contributed by atoms with van der Waals surface area (Å²) in [5, 5.41) is 11.0. The van der Waals surface area contributed by atoms with Crippen LogP contribution in [-0.4, -0.2) is 52.1 Å². The molecular weight excluding hydrogens is 389 g/mol. The molecule has 3 atom stereocenters. The molecule has 27 heavy (non-hydrogen) atoms. The third-order valence-corrected chi connectivity index (χ3v) is 4.45. The zero-order chi connectivity index (χ0) is 19.8. The van der Waals surface area contributed by atoms with E-state index in [0.29, 0.717) is 10.6 Å². The molecule has 2 aromatic rings. The Hall–Kier alpha value is -2.33. The number of hydrogen-bond acceptors (Lipinski definition) is 6. The number of hydrogen-bond donors (Lipinski definition) is 1. The Balaban J connectivity index is 1.57. The van der Waals surface area contributed by atoms with Gasteiger partial charge in [0.1, 0.15) is 12.1 Å². The van der Waals surface area contributed by atoms with Crippen molar-refractivity contribution in [1.29, 1.82) is 0 Å². The average molecular weight is 405 g/mol. The van der Waals surface area contributed by atoms with Gasteiger partial charge in [-0.3, -0.25) is 9.53 Å². The van der Waals surface area contributed by atoms with Crippen LogP contribution >= 0.6 is 11.6 Å². The van der Waals surface area contributed by atoms with Crippen molar-refractivity contribution in [2.45, 2.75) is 38.4 Å². The molecule has 11 heteroatoms. The van der Waals surface area contributed by atoms with E-state index >= 15 is 0 Å². The minimum atomic E-state index is -4.72. The van der Waals surface area contributed by atoms with Crippen molar-refractivity contribution in [3.63, 3.8) is 0 Å². The van der Waals surface area contributed by atoms with E-state index in [2.05, 4.69) is 20.3 Å². The minimum absolute atomic E-state index is 0.0251. The van der Waals surface area contributed by atoms with Crippen molar-refractivity contribution in [1.82, 2.24) is 15.1 Å². The summed E-state index contributed by atoms with van der Waals surface area (Å²) in [5.74, 6) is -0.152. The van der Waals surface area contributed by atoms with Crippen LogP contribution in [-0.2, 0) is 9.53 Å². The van der Waals surface area contributed by atoms with E-state index < -0.39 is 30.5 Å². The molecule has 3 rings (SSSR count). The summed E-state index contributed by atoms with van der Waals surface area (Å²) < 4.78 is 46.2. The Morgan fingerprint density at radius 1 is 1.37 bits per heavy atom. The summed E-state index contributed by atoms with van der Waals surface area (Å²) in [4.78, 5) is 13.7. The summed E-state index contributed by atoms with van der Waals surface area (Å²) in [6.45, 7) is 2.92. The van der Waals surface area contributed by atoms with Crippen molar-refractivity contribution in [2.75, 3.05) is 11.9 Å². The van der Waals surface area contributed by atoms with Crippen LogP contribution in [0, 0.1) is 0 Å². The van der Waals surface area contributed by atoms with Crippen molar-refractivity contribution in [2.24, 2.45) is 0 Å².